The quantitative estimate of drug-likeness (QED) is 0.654. The summed E-state index contributed by atoms with van der Waals surface area (Å²) in [5.41, 5.74) is 6.17. The first-order chi connectivity index (χ1) is 7.75. The first kappa shape index (κ1) is 13.9. The van der Waals surface area contributed by atoms with Crippen LogP contribution in [0, 0.1) is 5.92 Å². The molecular weight excluding hydrogens is 200 g/mol. The molecule has 0 aliphatic heterocycles. The molecule has 0 saturated heterocycles. The zero-order chi connectivity index (χ0) is 12.0. The molecule has 2 N–H and O–H groups in total. The van der Waals surface area contributed by atoms with E-state index < -0.39 is 0 Å². The fourth-order valence-corrected chi connectivity index (χ4v) is 2.74. The average Bonchev–Trinajstić information content (AvgIpc) is 3.12. The number of nitrogens with zero attached hydrogens (tertiary/aromatic N) is 1. The highest BCUT2D eigenvalue weighted by Gasteiger charge is 2.47. The molecule has 0 heterocycles. The molecule has 1 saturated carbocycles. The van der Waals surface area contributed by atoms with E-state index in [2.05, 4.69) is 18.7 Å². The molecule has 1 fully saturated rings. The molecule has 3 heteroatoms. The summed E-state index contributed by atoms with van der Waals surface area (Å²) in [5.74, 6) is 0.759. The lowest BCUT2D eigenvalue weighted by molar-refractivity contribution is 0.00131. The van der Waals surface area contributed by atoms with Crippen molar-refractivity contribution in [1.82, 2.24) is 4.90 Å². The summed E-state index contributed by atoms with van der Waals surface area (Å²) < 4.78 is 5.44. The number of rotatable bonds is 9. The van der Waals surface area contributed by atoms with E-state index in [0.29, 0.717) is 0 Å². The first-order valence-electron chi connectivity index (χ1n) is 6.69. The first-order valence-corrected chi connectivity index (χ1v) is 6.69. The maximum absolute atomic E-state index is 6.06. The predicted octanol–water partition coefficient (Wildman–Crippen LogP) is 1.86. The van der Waals surface area contributed by atoms with Crippen molar-refractivity contribution in [3.05, 3.63) is 0 Å². The third-order valence-electron chi connectivity index (χ3n) is 3.88. The molecule has 1 rings (SSSR count). The van der Waals surface area contributed by atoms with Gasteiger partial charge in [0.25, 0.3) is 0 Å². The zero-order valence-corrected chi connectivity index (χ0v) is 11.2. The normalized spacial score (nSPS) is 20.1. The van der Waals surface area contributed by atoms with Crippen LogP contribution >= 0.6 is 0 Å². The van der Waals surface area contributed by atoms with E-state index in [1.165, 1.54) is 25.7 Å². The second-order valence-corrected chi connectivity index (χ2v) is 4.95. The van der Waals surface area contributed by atoms with Gasteiger partial charge in [0.15, 0.2) is 0 Å². The minimum atomic E-state index is 0.110. The maximum Gasteiger partial charge on any atom is 0.0661 e. The van der Waals surface area contributed by atoms with Crippen LogP contribution in [0.3, 0.4) is 0 Å². The van der Waals surface area contributed by atoms with Crippen LogP contribution < -0.4 is 5.73 Å². The van der Waals surface area contributed by atoms with Crippen LogP contribution in [0.25, 0.3) is 0 Å². The summed E-state index contributed by atoms with van der Waals surface area (Å²) in [7, 11) is 1.79. The number of unbranched alkanes of at least 4 members (excludes halogenated alkanes) is 1. The molecule has 0 spiro atoms. The Labute approximate surface area is 100 Å². The molecule has 0 aromatic rings. The van der Waals surface area contributed by atoms with Crippen LogP contribution in [0.4, 0.5) is 0 Å². The van der Waals surface area contributed by atoms with Gasteiger partial charge in [-0.2, -0.15) is 0 Å². The molecule has 1 unspecified atom stereocenters. The predicted molar refractivity (Wildman–Crippen MR) is 68.5 cm³/mol. The van der Waals surface area contributed by atoms with E-state index in [4.69, 9.17) is 10.5 Å². The van der Waals surface area contributed by atoms with Gasteiger partial charge < -0.3 is 10.5 Å². The van der Waals surface area contributed by atoms with Gasteiger partial charge in [-0.1, -0.05) is 20.3 Å². The second-order valence-electron chi connectivity index (χ2n) is 4.95. The Morgan fingerprint density at radius 2 is 2.06 bits per heavy atom. The summed E-state index contributed by atoms with van der Waals surface area (Å²) >= 11 is 0. The molecule has 1 atom stereocenters. The number of hydrogen-bond donors (Lipinski definition) is 1. The molecule has 16 heavy (non-hydrogen) atoms. The number of ether oxygens (including phenoxy) is 1. The summed E-state index contributed by atoms with van der Waals surface area (Å²) in [5, 5.41) is 0. The Hall–Kier alpha value is -0.120. The van der Waals surface area contributed by atoms with Crippen molar-refractivity contribution in [1.29, 1.82) is 0 Å². The van der Waals surface area contributed by atoms with Crippen molar-refractivity contribution in [3.8, 4) is 0 Å². The molecular formula is C13H28N2O. The standard InChI is InChI=1S/C13H28N2O/c1-4-6-9-15(5-2)13(10-14,11-16-3)12-7-8-12/h12H,4-11,14H2,1-3H3. The Morgan fingerprint density at radius 1 is 1.38 bits per heavy atom. The van der Waals surface area contributed by atoms with Crippen LogP contribution in [-0.2, 0) is 4.74 Å². The average molecular weight is 228 g/mol. The Kier molecular flexibility index (Phi) is 5.73. The van der Waals surface area contributed by atoms with Gasteiger partial charge in [0.05, 0.1) is 12.1 Å². The maximum atomic E-state index is 6.06. The smallest absolute Gasteiger partial charge is 0.0661 e. The molecule has 96 valence electrons. The summed E-state index contributed by atoms with van der Waals surface area (Å²) in [4.78, 5) is 2.55. The van der Waals surface area contributed by atoms with Gasteiger partial charge in [-0.3, -0.25) is 4.90 Å². The fraction of sp³-hybridized carbons (Fsp3) is 1.00. The van der Waals surface area contributed by atoms with Crippen LogP contribution in [0.1, 0.15) is 39.5 Å². The zero-order valence-electron chi connectivity index (χ0n) is 11.2. The van der Waals surface area contributed by atoms with Gasteiger partial charge >= 0.3 is 0 Å². The number of likely N-dealkylation sites (N-methyl/N-ethyl adjacent to an activating group) is 1. The molecule has 0 bridgehead atoms. The van der Waals surface area contributed by atoms with Crippen LogP contribution in [-0.4, -0.2) is 43.8 Å². The van der Waals surface area contributed by atoms with E-state index in [1.807, 2.05) is 0 Å². The number of methoxy groups -OCH3 is 1. The Balaban J connectivity index is 2.69. The Bertz CT molecular complexity index is 194. The van der Waals surface area contributed by atoms with Crippen molar-refractivity contribution in [2.24, 2.45) is 11.7 Å². The lowest BCUT2D eigenvalue weighted by atomic mass is 9.91. The van der Waals surface area contributed by atoms with Crippen LogP contribution in [0.15, 0.2) is 0 Å². The van der Waals surface area contributed by atoms with Gasteiger partial charge in [0, 0.05) is 13.7 Å². The van der Waals surface area contributed by atoms with E-state index in [-0.39, 0.29) is 5.54 Å². The third kappa shape index (κ3) is 2.96. The van der Waals surface area contributed by atoms with Crippen molar-refractivity contribution >= 4 is 0 Å². The van der Waals surface area contributed by atoms with Gasteiger partial charge in [0.1, 0.15) is 0 Å². The highest BCUT2D eigenvalue weighted by atomic mass is 16.5. The monoisotopic (exact) mass is 228 g/mol. The molecule has 1 aliphatic carbocycles. The van der Waals surface area contributed by atoms with Crippen molar-refractivity contribution in [2.75, 3.05) is 33.4 Å². The lowest BCUT2D eigenvalue weighted by Gasteiger charge is -2.43. The molecule has 0 amide bonds. The van der Waals surface area contributed by atoms with Gasteiger partial charge in [0.2, 0.25) is 0 Å². The molecule has 1 aliphatic rings. The van der Waals surface area contributed by atoms with Crippen LogP contribution in [0.2, 0.25) is 0 Å². The second kappa shape index (κ2) is 6.58. The minimum absolute atomic E-state index is 0.110. The topological polar surface area (TPSA) is 38.5 Å². The van der Waals surface area contributed by atoms with Crippen LogP contribution in [0.5, 0.6) is 0 Å². The lowest BCUT2D eigenvalue weighted by Crippen LogP contribution is -2.58. The van der Waals surface area contributed by atoms with Gasteiger partial charge in [-0.15, -0.1) is 0 Å². The SMILES string of the molecule is CCCCN(CC)C(CN)(COC)C1CC1. The van der Waals surface area contributed by atoms with E-state index in [1.54, 1.807) is 7.11 Å². The third-order valence-corrected chi connectivity index (χ3v) is 3.88. The van der Waals surface area contributed by atoms with Gasteiger partial charge in [-0.05, 0) is 38.3 Å². The Morgan fingerprint density at radius 3 is 2.44 bits per heavy atom. The highest BCUT2D eigenvalue weighted by molar-refractivity contribution is 5.03. The summed E-state index contributed by atoms with van der Waals surface area (Å²) in [6, 6.07) is 0. The van der Waals surface area contributed by atoms with Crippen molar-refractivity contribution < 1.29 is 4.74 Å². The highest BCUT2D eigenvalue weighted by Crippen LogP contribution is 2.43. The number of hydrogen-bond acceptors (Lipinski definition) is 3. The molecule has 0 aromatic carbocycles. The molecule has 3 nitrogen and oxygen atoms in total. The summed E-state index contributed by atoms with van der Waals surface area (Å²) in [6.45, 7) is 8.22. The van der Waals surface area contributed by atoms with Crippen molar-refractivity contribution in [2.45, 2.75) is 45.1 Å². The van der Waals surface area contributed by atoms with E-state index in [9.17, 15) is 0 Å². The molecule has 0 radical (unpaired) electrons. The van der Waals surface area contributed by atoms with E-state index in [0.717, 1.165) is 32.2 Å². The summed E-state index contributed by atoms with van der Waals surface area (Å²) in [6.07, 6.45) is 5.15. The van der Waals surface area contributed by atoms with Gasteiger partial charge in [-0.25, -0.2) is 0 Å². The van der Waals surface area contributed by atoms with Crippen molar-refractivity contribution in [3.63, 3.8) is 0 Å². The fourth-order valence-electron chi connectivity index (χ4n) is 2.74. The largest absolute Gasteiger partial charge is 0.383 e. The number of nitrogens with two attached hydrogens (primary N) is 1. The van der Waals surface area contributed by atoms with E-state index >= 15 is 0 Å². The molecule has 0 aromatic heterocycles. The minimum Gasteiger partial charge on any atom is -0.383 e.